The standard InChI is InChI=1S/C26H18F4N2O2/c1-34-23-10-3-16-12-19(4-2-17(16)14-23)25(33,26(28,29)30)20-5-11-24-18(13-20)15-31-32(24)22-8-6-21(27)7-9-22/h2-15,33H,1H3. The molecule has 4 aromatic carbocycles. The number of benzene rings is 4. The van der Waals surface area contributed by atoms with Crippen LogP contribution in [0.25, 0.3) is 27.4 Å². The monoisotopic (exact) mass is 466 g/mol. The molecule has 1 N–H and O–H groups in total. The zero-order valence-electron chi connectivity index (χ0n) is 17.8. The molecular formula is C26H18F4N2O2. The second-order valence-corrected chi connectivity index (χ2v) is 7.94. The Labute approximate surface area is 191 Å². The molecule has 1 heterocycles. The molecule has 0 saturated heterocycles. The van der Waals surface area contributed by atoms with Crippen molar-refractivity contribution in [1.82, 2.24) is 9.78 Å². The molecule has 0 amide bonds. The summed E-state index contributed by atoms with van der Waals surface area (Å²) in [6.07, 6.45) is -3.58. The molecule has 172 valence electrons. The lowest BCUT2D eigenvalue weighted by atomic mass is 9.84. The number of halogens is 4. The van der Waals surface area contributed by atoms with E-state index in [0.717, 1.165) is 0 Å². The van der Waals surface area contributed by atoms with Gasteiger partial charge in [-0.2, -0.15) is 18.3 Å². The molecule has 34 heavy (non-hydrogen) atoms. The number of methoxy groups -OCH3 is 1. The molecule has 1 unspecified atom stereocenters. The topological polar surface area (TPSA) is 47.3 Å². The Bertz CT molecular complexity index is 1510. The zero-order valence-corrected chi connectivity index (χ0v) is 17.8. The fourth-order valence-electron chi connectivity index (χ4n) is 4.12. The summed E-state index contributed by atoms with van der Waals surface area (Å²) in [5.41, 5.74) is -2.81. The van der Waals surface area contributed by atoms with Crippen LogP contribution in [0.4, 0.5) is 17.6 Å². The van der Waals surface area contributed by atoms with Gasteiger partial charge in [-0.15, -0.1) is 0 Å². The molecular weight excluding hydrogens is 448 g/mol. The number of fused-ring (bicyclic) bond motifs is 2. The van der Waals surface area contributed by atoms with E-state index in [4.69, 9.17) is 4.74 Å². The van der Waals surface area contributed by atoms with Crippen molar-refractivity contribution in [3.63, 3.8) is 0 Å². The lowest BCUT2D eigenvalue weighted by molar-refractivity contribution is -0.248. The van der Waals surface area contributed by atoms with Crippen LogP contribution in [-0.2, 0) is 5.60 Å². The minimum Gasteiger partial charge on any atom is -0.497 e. The summed E-state index contributed by atoms with van der Waals surface area (Å²) in [7, 11) is 1.51. The predicted octanol–water partition coefficient (Wildman–Crippen LogP) is 6.12. The van der Waals surface area contributed by atoms with Gasteiger partial charge in [0.2, 0.25) is 5.60 Å². The maximum Gasteiger partial charge on any atom is 0.425 e. The molecule has 5 rings (SSSR count). The average Bonchev–Trinajstić information content (AvgIpc) is 3.26. The highest BCUT2D eigenvalue weighted by Gasteiger charge is 2.56. The van der Waals surface area contributed by atoms with Gasteiger partial charge in [-0.1, -0.05) is 24.3 Å². The van der Waals surface area contributed by atoms with E-state index in [2.05, 4.69) is 5.10 Å². The van der Waals surface area contributed by atoms with Crippen molar-refractivity contribution in [2.75, 3.05) is 7.11 Å². The van der Waals surface area contributed by atoms with E-state index >= 15 is 0 Å². The molecule has 1 atom stereocenters. The Morgan fingerprint density at radius 1 is 0.794 bits per heavy atom. The Hall–Kier alpha value is -3.91. The number of ether oxygens (including phenoxy) is 1. The molecule has 0 aliphatic heterocycles. The van der Waals surface area contributed by atoms with Gasteiger partial charge in [-0.25, -0.2) is 9.07 Å². The molecule has 0 radical (unpaired) electrons. The quantitative estimate of drug-likeness (QED) is 0.325. The summed E-state index contributed by atoms with van der Waals surface area (Å²) in [6, 6.07) is 18.7. The first kappa shape index (κ1) is 21.9. The van der Waals surface area contributed by atoms with E-state index in [1.807, 2.05) is 0 Å². The summed E-state index contributed by atoms with van der Waals surface area (Å²) in [4.78, 5) is 0. The second kappa shape index (κ2) is 7.85. The summed E-state index contributed by atoms with van der Waals surface area (Å²) in [5, 5.41) is 17.0. The average molecular weight is 466 g/mol. The normalized spacial score (nSPS) is 13.8. The third-order valence-electron chi connectivity index (χ3n) is 5.93. The molecule has 0 saturated carbocycles. The minimum absolute atomic E-state index is 0.303. The van der Waals surface area contributed by atoms with E-state index in [1.165, 1.54) is 78.7 Å². The lowest BCUT2D eigenvalue weighted by Crippen LogP contribution is -2.43. The highest BCUT2D eigenvalue weighted by molar-refractivity contribution is 5.85. The minimum atomic E-state index is -4.99. The Kier molecular flexibility index (Phi) is 5.06. The molecule has 1 aromatic heterocycles. The largest absolute Gasteiger partial charge is 0.497 e. The first-order chi connectivity index (χ1) is 16.2. The highest BCUT2D eigenvalue weighted by Crippen LogP contribution is 2.45. The van der Waals surface area contributed by atoms with Gasteiger partial charge in [0.25, 0.3) is 0 Å². The number of hydrogen-bond acceptors (Lipinski definition) is 3. The van der Waals surface area contributed by atoms with Gasteiger partial charge in [0.1, 0.15) is 11.6 Å². The van der Waals surface area contributed by atoms with Gasteiger partial charge < -0.3 is 9.84 Å². The van der Waals surface area contributed by atoms with E-state index in [9.17, 15) is 22.7 Å². The molecule has 0 aliphatic rings. The van der Waals surface area contributed by atoms with Crippen LogP contribution >= 0.6 is 0 Å². The molecule has 0 bridgehead atoms. The summed E-state index contributed by atoms with van der Waals surface area (Å²) < 4.78 is 63.1. The lowest BCUT2D eigenvalue weighted by Gasteiger charge is -2.32. The molecule has 5 aromatic rings. The summed E-state index contributed by atoms with van der Waals surface area (Å²) >= 11 is 0. The number of aliphatic hydroxyl groups is 1. The summed E-state index contributed by atoms with van der Waals surface area (Å²) in [5.74, 6) is 0.168. The smallest absolute Gasteiger partial charge is 0.425 e. The van der Waals surface area contributed by atoms with Crippen LogP contribution in [0.1, 0.15) is 11.1 Å². The van der Waals surface area contributed by atoms with Crippen LogP contribution in [0.15, 0.2) is 85.1 Å². The van der Waals surface area contributed by atoms with Crippen LogP contribution in [0.5, 0.6) is 5.75 Å². The first-order valence-corrected chi connectivity index (χ1v) is 10.3. The van der Waals surface area contributed by atoms with Crippen molar-refractivity contribution >= 4 is 21.7 Å². The van der Waals surface area contributed by atoms with Crippen LogP contribution in [0, 0.1) is 5.82 Å². The third kappa shape index (κ3) is 3.47. The second-order valence-electron chi connectivity index (χ2n) is 7.94. The maximum absolute atomic E-state index is 14.4. The van der Waals surface area contributed by atoms with E-state index < -0.39 is 17.6 Å². The molecule has 0 spiro atoms. The van der Waals surface area contributed by atoms with Crippen molar-refractivity contribution in [3.8, 4) is 11.4 Å². The Balaban J connectivity index is 1.64. The first-order valence-electron chi connectivity index (χ1n) is 10.3. The fraction of sp³-hybridized carbons (Fsp3) is 0.115. The predicted molar refractivity (Wildman–Crippen MR) is 121 cm³/mol. The molecule has 0 aliphatic carbocycles. The van der Waals surface area contributed by atoms with Gasteiger partial charge in [0.15, 0.2) is 0 Å². The zero-order chi connectivity index (χ0) is 24.1. The van der Waals surface area contributed by atoms with Crippen LogP contribution in [0.3, 0.4) is 0 Å². The number of rotatable bonds is 4. The van der Waals surface area contributed by atoms with Gasteiger partial charge in [0, 0.05) is 5.39 Å². The number of hydrogen-bond donors (Lipinski definition) is 1. The number of nitrogens with zero attached hydrogens (tertiary/aromatic N) is 2. The van der Waals surface area contributed by atoms with Crippen LogP contribution < -0.4 is 4.74 Å². The number of alkyl halides is 3. The SMILES string of the molecule is COc1ccc2cc(C(O)(c3ccc4c(cnn4-c4ccc(F)cc4)c3)C(F)(F)F)ccc2c1. The van der Waals surface area contributed by atoms with Crippen molar-refractivity contribution < 1.29 is 27.4 Å². The van der Waals surface area contributed by atoms with Crippen molar-refractivity contribution in [3.05, 3.63) is 102 Å². The Morgan fingerprint density at radius 3 is 2.09 bits per heavy atom. The van der Waals surface area contributed by atoms with E-state index in [-0.39, 0.29) is 11.1 Å². The molecule has 0 fully saturated rings. The summed E-state index contributed by atoms with van der Waals surface area (Å²) in [6.45, 7) is 0. The van der Waals surface area contributed by atoms with Crippen LogP contribution in [0.2, 0.25) is 0 Å². The van der Waals surface area contributed by atoms with Crippen molar-refractivity contribution in [2.24, 2.45) is 0 Å². The highest BCUT2D eigenvalue weighted by atomic mass is 19.4. The number of aromatic nitrogens is 2. The van der Waals surface area contributed by atoms with Crippen molar-refractivity contribution in [1.29, 1.82) is 0 Å². The molecule has 4 nitrogen and oxygen atoms in total. The Morgan fingerprint density at radius 2 is 1.41 bits per heavy atom. The van der Waals surface area contributed by atoms with Gasteiger partial charge >= 0.3 is 6.18 Å². The van der Waals surface area contributed by atoms with Crippen LogP contribution in [-0.4, -0.2) is 28.2 Å². The van der Waals surface area contributed by atoms with E-state index in [1.54, 1.807) is 18.2 Å². The fourth-order valence-corrected chi connectivity index (χ4v) is 4.12. The van der Waals surface area contributed by atoms with E-state index in [0.29, 0.717) is 33.1 Å². The van der Waals surface area contributed by atoms with Crippen molar-refractivity contribution in [2.45, 2.75) is 11.8 Å². The maximum atomic E-state index is 14.4. The molecule has 8 heteroatoms. The van der Waals surface area contributed by atoms with Gasteiger partial charge in [-0.05, 0) is 76.5 Å². The van der Waals surface area contributed by atoms with Gasteiger partial charge in [-0.3, -0.25) is 0 Å². The third-order valence-corrected chi connectivity index (χ3v) is 5.93. The van der Waals surface area contributed by atoms with Gasteiger partial charge in [0.05, 0.1) is 24.5 Å².